The predicted molar refractivity (Wildman–Crippen MR) is 127 cm³/mol. The van der Waals surface area contributed by atoms with Crippen molar-refractivity contribution in [2.45, 2.75) is 73.6 Å². The second-order valence-corrected chi connectivity index (χ2v) is 8.87. The Labute approximate surface area is 174 Å². The zero-order valence-corrected chi connectivity index (χ0v) is 19.2. The molecule has 28 heavy (non-hydrogen) atoms. The third-order valence-corrected chi connectivity index (χ3v) is 6.40. The molecular formula is C27H41N. The SMILES string of the molecule is C=Cc1ccc(/C(C)=C/C=C(\C)CN2CC(CCC)(CCC)C2)c(C)c1CC. The van der Waals surface area contributed by atoms with Crippen molar-refractivity contribution in [3.63, 3.8) is 0 Å². The Bertz CT molecular complexity index is 721. The van der Waals surface area contributed by atoms with Gasteiger partial charge in [0.25, 0.3) is 0 Å². The van der Waals surface area contributed by atoms with Crippen LogP contribution < -0.4 is 0 Å². The van der Waals surface area contributed by atoms with E-state index in [0.717, 1.165) is 13.0 Å². The Morgan fingerprint density at radius 2 is 1.71 bits per heavy atom. The molecule has 1 aromatic carbocycles. The summed E-state index contributed by atoms with van der Waals surface area (Å²) >= 11 is 0. The molecule has 0 bridgehead atoms. The number of nitrogens with zero attached hydrogens (tertiary/aromatic N) is 1. The summed E-state index contributed by atoms with van der Waals surface area (Å²) in [6.07, 6.45) is 13.1. The van der Waals surface area contributed by atoms with Crippen LogP contribution in [0.4, 0.5) is 0 Å². The van der Waals surface area contributed by atoms with E-state index in [4.69, 9.17) is 0 Å². The van der Waals surface area contributed by atoms with E-state index in [1.54, 1.807) is 0 Å². The fourth-order valence-corrected chi connectivity index (χ4v) is 5.14. The fraction of sp³-hybridized carbons (Fsp3) is 0.556. The molecule has 0 aromatic heterocycles. The average Bonchev–Trinajstić information content (AvgIpc) is 2.64. The first-order valence-corrected chi connectivity index (χ1v) is 11.2. The number of hydrogen-bond donors (Lipinski definition) is 0. The minimum absolute atomic E-state index is 0.607. The molecule has 1 heterocycles. The standard InChI is InChI=1S/C27H41N/c1-8-16-27(17-9-2)19-28(20-27)18-21(5)12-13-22(6)26-15-14-24(10-3)25(11-4)23(26)7/h10,12-15H,3,8-9,11,16-20H2,1-2,4-7H3/b21-12+,22-13+. The molecule has 1 aromatic rings. The molecule has 1 nitrogen and oxygen atoms in total. The lowest BCUT2D eigenvalue weighted by Gasteiger charge is -2.51. The van der Waals surface area contributed by atoms with E-state index in [1.165, 1.54) is 72.2 Å². The average molecular weight is 380 g/mol. The van der Waals surface area contributed by atoms with Gasteiger partial charge in [-0.05, 0) is 73.3 Å². The highest BCUT2D eigenvalue weighted by atomic mass is 15.2. The number of likely N-dealkylation sites (tertiary alicyclic amines) is 1. The Morgan fingerprint density at radius 1 is 1.07 bits per heavy atom. The second-order valence-electron chi connectivity index (χ2n) is 8.87. The van der Waals surface area contributed by atoms with Crippen LogP contribution >= 0.6 is 0 Å². The van der Waals surface area contributed by atoms with Gasteiger partial charge in [0.15, 0.2) is 0 Å². The van der Waals surface area contributed by atoms with Gasteiger partial charge in [0.2, 0.25) is 0 Å². The number of rotatable bonds is 10. The van der Waals surface area contributed by atoms with Gasteiger partial charge < -0.3 is 0 Å². The van der Waals surface area contributed by atoms with Crippen LogP contribution in [0.5, 0.6) is 0 Å². The summed E-state index contributed by atoms with van der Waals surface area (Å²) in [7, 11) is 0. The van der Waals surface area contributed by atoms with E-state index in [9.17, 15) is 0 Å². The zero-order chi connectivity index (χ0) is 20.7. The van der Waals surface area contributed by atoms with Crippen LogP contribution in [0.2, 0.25) is 0 Å². The Balaban J connectivity index is 2.04. The molecule has 1 aliphatic rings. The summed E-state index contributed by atoms with van der Waals surface area (Å²) in [6, 6.07) is 4.46. The van der Waals surface area contributed by atoms with Crippen LogP contribution in [-0.4, -0.2) is 24.5 Å². The molecule has 1 saturated heterocycles. The lowest BCUT2D eigenvalue weighted by Crippen LogP contribution is -2.56. The molecule has 0 aliphatic carbocycles. The predicted octanol–water partition coefficient (Wildman–Crippen LogP) is 7.45. The largest absolute Gasteiger partial charge is 0.298 e. The van der Waals surface area contributed by atoms with Crippen molar-refractivity contribution >= 4 is 11.6 Å². The molecule has 0 saturated carbocycles. The van der Waals surface area contributed by atoms with Gasteiger partial charge in [0.05, 0.1) is 0 Å². The molecule has 1 fully saturated rings. The first kappa shape index (κ1) is 22.7. The molecule has 154 valence electrons. The van der Waals surface area contributed by atoms with Crippen molar-refractivity contribution < 1.29 is 0 Å². The summed E-state index contributed by atoms with van der Waals surface area (Å²) in [6.45, 7) is 21.3. The molecule has 0 atom stereocenters. The molecule has 2 rings (SSSR count). The van der Waals surface area contributed by atoms with Crippen LogP contribution in [0.1, 0.15) is 82.6 Å². The highest BCUT2D eigenvalue weighted by Gasteiger charge is 2.40. The third-order valence-electron chi connectivity index (χ3n) is 6.40. The lowest BCUT2D eigenvalue weighted by molar-refractivity contribution is -0.00751. The van der Waals surface area contributed by atoms with Crippen LogP contribution in [0, 0.1) is 12.3 Å². The lowest BCUT2D eigenvalue weighted by atomic mass is 9.72. The van der Waals surface area contributed by atoms with Crippen molar-refractivity contribution in [2.75, 3.05) is 19.6 Å². The minimum atomic E-state index is 0.607. The Hall–Kier alpha value is -1.60. The maximum Gasteiger partial charge on any atom is 0.0193 e. The van der Waals surface area contributed by atoms with Crippen molar-refractivity contribution in [3.05, 3.63) is 58.7 Å². The van der Waals surface area contributed by atoms with Crippen molar-refractivity contribution in [1.29, 1.82) is 0 Å². The maximum atomic E-state index is 3.96. The van der Waals surface area contributed by atoms with Gasteiger partial charge >= 0.3 is 0 Å². The molecular weight excluding hydrogens is 338 g/mol. The quantitative estimate of drug-likeness (QED) is 0.381. The van der Waals surface area contributed by atoms with Crippen molar-refractivity contribution in [3.8, 4) is 0 Å². The first-order chi connectivity index (χ1) is 13.4. The van der Waals surface area contributed by atoms with Gasteiger partial charge in [-0.3, -0.25) is 4.90 Å². The highest BCUT2D eigenvalue weighted by Crippen LogP contribution is 2.39. The van der Waals surface area contributed by atoms with Crippen LogP contribution in [0.15, 0.2) is 36.4 Å². The summed E-state index contributed by atoms with van der Waals surface area (Å²) in [5, 5.41) is 0. The van der Waals surface area contributed by atoms with Gasteiger partial charge in [0, 0.05) is 19.6 Å². The van der Waals surface area contributed by atoms with Gasteiger partial charge in [-0.15, -0.1) is 0 Å². The molecule has 0 radical (unpaired) electrons. The molecule has 0 spiro atoms. The van der Waals surface area contributed by atoms with Gasteiger partial charge in [-0.2, -0.15) is 0 Å². The third kappa shape index (κ3) is 5.26. The van der Waals surface area contributed by atoms with E-state index >= 15 is 0 Å². The maximum absolute atomic E-state index is 3.96. The van der Waals surface area contributed by atoms with Gasteiger partial charge in [-0.25, -0.2) is 0 Å². The number of benzene rings is 1. The molecule has 0 amide bonds. The monoisotopic (exact) mass is 379 g/mol. The van der Waals surface area contributed by atoms with Gasteiger partial charge in [0.1, 0.15) is 0 Å². The highest BCUT2D eigenvalue weighted by molar-refractivity contribution is 5.71. The van der Waals surface area contributed by atoms with E-state index in [1.807, 2.05) is 6.08 Å². The van der Waals surface area contributed by atoms with E-state index in [0.29, 0.717) is 5.41 Å². The molecule has 1 aliphatic heterocycles. The topological polar surface area (TPSA) is 3.24 Å². The normalized spacial score (nSPS) is 17.5. The van der Waals surface area contributed by atoms with Crippen LogP contribution in [0.3, 0.4) is 0 Å². The van der Waals surface area contributed by atoms with Crippen molar-refractivity contribution in [2.24, 2.45) is 5.41 Å². The summed E-state index contributed by atoms with van der Waals surface area (Å²) < 4.78 is 0. The summed E-state index contributed by atoms with van der Waals surface area (Å²) in [5.74, 6) is 0. The van der Waals surface area contributed by atoms with Crippen LogP contribution in [-0.2, 0) is 6.42 Å². The van der Waals surface area contributed by atoms with Crippen molar-refractivity contribution in [1.82, 2.24) is 4.90 Å². The molecule has 1 heteroatoms. The summed E-state index contributed by atoms with van der Waals surface area (Å²) in [5.41, 5.74) is 8.85. The zero-order valence-electron chi connectivity index (χ0n) is 19.2. The fourth-order valence-electron chi connectivity index (χ4n) is 5.14. The Kier molecular flexibility index (Phi) is 8.31. The van der Waals surface area contributed by atoms with E-state index < -0.39 is 0 Å². The smallest absolute Gasteiger partial charge is 0.0193 e. The van der Waals surface area contributed by atoms with Crippen LogP contribution in [0.25, 0.3) is 11.6 Å². The number of hydrogen-bond acceptors (Lipinski definition) is 1. The molecule has 0 unspecified atom stereocenters. The summed E-state index contributed by atoms with van der Waals surface area (Å²) in [4.78, 5) is 2.62. The van der Waals surface area contributed by atoms with E-state index in [2.05, 4.69) is 77.3 Å². The second kappa shape index (κ2) is 10.3. The number of allylic oxidation sites excluding steroid dienone is 3. The van der Waals surface area contributed by atoms with E-state index in [-0.39, 0.29) is 0 Å². The first-order valence-electron chi connectivity index (χ1n) is 11.2. The molecule has 0 N–H and O–H groups in total. The Morgan fingerprint density at radius 3 is 2.25 bits per heavy atom. The van der Waals surface area contributed by atoms with Gasteiger partial charge in [-0.1, -0.05) is 76.1 Å². The minimum Gasteiger partial charge on any atom is -0.298 e.